The fourth-order valence-corrected chi connectivity index (χ4v) is 2.83. The van der Waals surface area contributed by atoms with Crippen LogP contribution in [0.25, 0.3) is 0 Å². The topological polar surface area (TPSA) is 57.3 Å². The maximum Gasteiger partial charge on any atom is 0.270 e. The summed E-state index contributed by atoms with van der Waals surface area (Å²) in [6.45, 7) is 9.97. The van der Waals surface area contributed by atoms with Crippen molar-refractivity contribution in [1.29, 1.82) is 0 Å². The minimum atomic E-state index is -0.0571. The molecule has 122 valence electrons. The molecule has 1 aromatic rings. The highest BCUT2D eigenvalue weighted by Gasteiger charge is 2.13. The van der Waals surface area contributed by atoms with Crippen molar-refractivity contribution in [2.24, 2.45) is 0 Å². The number of halogens is 2. The molecular formula is C13H24Cl2N4OS. The van der Waals surface area contributed by atoms with Gasteiger partial charge < -0.3 is 10.6 Å². The zero-order valence-electron chi connectivity index (χ0n) is 12.4. The fraction of sp³-hybridized carbons (Fsp3) is 0.692. The molecular weight excluding hydrogens is 331 g/mol. The number of hydrogen-bond donors (Lipinski definition) is 2. The molecule has 0 atom stereocenters. The third-order valence-corrected chi connectivity index (χ3v) is 4.32. The molecule has 2 rings (SSSR count). The van der Waals surface area contributed by atoms with Gasteiger partial charge >= 0.3 is 0 Å². The third kappa shape index (κ3) is 6.48. The number of rotatable bonds is 5. The number of aromatic nitrogens is 1. The zero-order chi connectivity index (χ0) is 13.7. The SMILES string of the molecule is CC(C)c1nc(C(=O)NCCN2CCNCC2)cs1.Cl.Cl. The van der Waals surface area contributed by atoms with Gasteiger partial charge in [0, 0.05) is 50.6 Å². The number of carbonyl (C=O) groups excluding carboxylic acids is 1. The van der Waals surface area contributed by atoms with Crippen LogP contribution < -0.4 is 10.6 Å². The number of thiazole rings is 1. The van der Waals surface area contributed by atoms with E-state index in [-0.39, 0.29) is 30.7 Å². The summed E-state index contributed by atoms with van der Waals surface area (Å²) in [6.07, 6.45) is 0. The van der Waals surface area contributed by atoms with Crippen molar-refractivity contribution in [2.75, 3.05) is 39.3 Å². The Bertz CT molecular complexity index is 422. The van der Waals surface area contributed by atoms with Gasteiger partial charge in [-0.05, 0) is 0 Å². The van der Waals surface area contributed by atoms with Crippen molar-refractivity contribution in [3.8, 4) is 0 Å². The molecule has 21 heavy (non-hydrogen) atoms. The van der Waals surface area contributed by atoms with Crippen molar-refractivity contribution in [2.45, 2.75) is 19.8 Å². The first-order valence-electron chi connectivity index (χ1n) is 6.83. The van der Waals surface area contributed by atoms with Gasteiger partial charge in [-0.25, -0.2) is 4.98 Å². The number of nitrogens with one attached hydrogen (secondary N) is 2. The number of amides is 1. The Morgan fingerprint density at radius 2 is 2.10 bits per heavy atom. The highest BCUT2D eigenvalue weighted by Crippen LogP contribution is 2.18. The van der Waals surface area contributed by atoms with Crippen molar-refractivity contribution >= 4 is 42.1 Å². The summed E-state index contributed by atoms with van der Waals surface area (Å²) < 4.78 is 0. The number of piperazine rings is 1. The molecule has 5 nitrogen and oxygen atoms in total. The summed E-state index contributed by atoms with van der Waals surface area (Å²) in [5.74, 6) is 0.325. The highest BCUT2D eigenvalue weighted by atomic mass is 35.5. The van der Waals surface area contributed by atoms with Crippen LogP contribution in [-0.2, 0) is 0 Å². The first-order valence-corrected chi connectivity index (χ1v) is 7.71. The van der Waals surface area contributed by atoms with Gasteiger partial charge in [0.05, 0.1) is 5.01 Å². The van der Waals surface area contributed by atoms with Crippen molar-refractivity contribution in [3.05, 3.63) is 16.1 Å². The van der Waals surface area contributed by atoms with Crippen LogP contribution in [-0.4, -0.2) is 55.1 Å². The van der Waals surface area contributed by atoms with Crippen LogP contribution in [0.15, 0.2) is 5.38 Å². The molecule has 0 unspecified atom stereocenters. The van der Waals surface area contributed by atoms with Crippen molar-refractivity contribution in [1.82, 2.24) is 20.5 Å². The minimum absolute atomic E-state index is 0. The van der Waals surface area contributed by atoms with E-state index in [4.69, 9.17) is 0 Å². The normalized spacial score (nSPS) is 15.2. The fourth-order valence-electron chi connectivity index (χ4n) is 2.01. The van der Waals surface area contributed by atoms with E-state index in [9.17, 15) is 4.79 Å². The minimum Gasteiger partial charge on any atom is -0.349 e. The lowest BCUT2D eigenvalue weighted by Gasteiger charge is -2.26. The summed E-state index contributed by atoms with van der Waals surface area (Å²) in [5.41, 5.74) is 0.550. The monoisotopic (exact) mass is 354 g/mol. The summed E-state index contributed by atoms with van der Waals surface area (Å²) in [4.78, 5) is 18.6. The standard InChI is InChI=1S/C13H22N4OS.2ClH/c1-10(2)13-16-11(9-19-13)12(18)15-5-8-17-6-3-14-4-7-17;;/h9-10,14H,3-8H2,1-2H3,(H,15,18);2*1H. The van der Waals surface area contributed by atoms with E-state index in [1.165, 1.54) is 0 Å². The van der Waals surface area contributed by atoms with E-state index < -0.39 is 0 Å². The van der Waals surface area contributed by atoms with Crippen LogP contribution in [0, 0.1) is 0 Å². The molecule has 2 heterocycles. The molecule has 2 N–H and O–H groups in total. The van der Waals surface area contributed by atoms with Crippen molar-refractivity contribution in [3.63, 3.8) is 0 Å². The Balaban J connectivity index is 0.00000200. The van der Waals surface area contributed by atoms with Gasteiger partial charge in [0.15, 0.2) is 0 Å². The lowest BCUT2D eigenvalue weighted by Crippen LogP contribution is -2.46. The molecule has 1 aromatic heterocycles. The number of nitrogens with zero attached hydrogens (tertiary/aromatic N) is 2. The molecule has 1 amide bonds. The molecule has 0 spiro atoms. The van der Waals surface area contributed by atoms with Gasteiger partial charge in [0.2, 0.25) is 0 Å². The van der Waals surface area contributed by atoms with E-state index in [1.54, 1.807) is 11.3 Å². The predicted molar refractivity (Wildman–Crippen MR) is 92.3 cm³/mol. The summed E-state index contributed by atoms with van der Waals surface area (Å²) in [5, 5.41) is 9.12. The number of carbonyl (C=O) groups is 1. The second kappa shape index (κ2) is 10.3. The van der Waals surface area contributed by atoms with E-state index in [2.05, 4.69) is 34.4 Å². The van der Waals surface area contributed by atoms with Gasteiger partial charge in [-0.3, -0.25) is 9.69 Å². The molecule has 0 saturated carbocycles. The van der Waals surface area contributed by atoms with Gasteiger partial charge in [0.25, 0.3) is 5.91 Å². The Hall–Kier alpha value is -0.400. The average Bonchev–Trinajstić information content (AvgIpc) is 2.89. The highest BCUT2D eigenvalue weighted by molar-refractivity contribution is 7.09. The molecule has 0 bridgehead atoms. The van der Waals surface area contributed by atoms with Gasteiger partial charge in [-0.1, -0.05) is 13.8 Å². The van der Waals surface area contributed by atoms with E-state index in [0.717, 1.165) is 37.7 Å². The predicted octanol–water partition coefficient (Wildman–Crippen LogP) is 1.75. The molecule has 1 aliphatic heterocycles. The lowest BCUT2D eigenvalue weighted by atomic mass is 10.2. The smallest absolute Gasteiger partial charge is 0.270 e. The molecule has 1 aliphatic rings. The molecule has 0 radical (unpaired) electrons. The zero-order valence-corrected chi connectivity index (χ0v) is 14.9. The van der Waals surface area contributed by atoms with Gasteiger partial charge in [-0.2, -0.15) is 0 Å². The summed E-state index contributed by atoms with van der Waals surface area (Å²) >= 11 is 1.56. The van der Waals surface area contributed by atoms with Crippen LogP contribution in [0.5, 0.6) is 0 Å². The summed E-state index contributed by atoms with van der Waals surface area (Å²) in [6, 6.07) is 0. The molecule has 1 saturated heterocycles. The van der Waals surface area contributed by atoms with E-state index >= 15 is 0 Å². The second-order valence-corrected chi connectivity index (χ2v) is 5.96. The third-order valence-electron chi connectivity index (χ3n) is 3.17. The molecule has 8 heteroatoms. The van der Waals surface area contributed by atoms with E-state index in [1.807, 2.05) is 5.38 Å². The van der Waals surface area contributed by atoms with Crippen LogP contribution in [0.4, 0.5) is 0 Å². The maximum absolute atomic E-state index is 11.9. The molecule has 0 aliphatic carbocycles. The average molecular weight is 355 g/mol. The first kappa shape index (κ1) is 20.6. The van der Waals surface area contributed by atoms with Crippen LogP contribution in [0.2, 0.25) is 0 Å². The van der Waals surface area contributed by atoms with Crippen LogP contribution in [0.3, 0.4) is 0 Å². The van der Waals surface area contributed by atoms with Crippen molar-refractivity contribution < 1.29 is 4.79 Å². The Morgan fingerprint density at radius 1 is 1.43 bits per heavy atom. The Morgan fingerprint density at radius 3 is 2.67 bits per heavy atom. The van der Waals surface area contributed by atoms with Gasteiger partial charge in [0.1, 0.15) is 5.69 Å². The first-order chi connectivity index (χ1) is 9.16. The number of hydrogen-bond acceptors (Lipinski definition) is 5. The van der Waals surface area contributed by atoms with Crippen LogP contribution >= 0.6 is 36.2 Å². The van der Waals surface area contributed by atoms with E-state index in [0.29, 0.717) is 18.2 Å². The van der Waals surface area contributed by atoms with Crippen LogP contribution in [0.1, 0.15) is 35.3 Å². The second-order valence-electron chi connectivity index (χ2n) is 5.07. The lowest BCUT2D eigenvalue weighted by molar-refractivity contribution is 0.0943. The van der Waals surface area contributed by atoms with Gasteiger partial charge in [-0.15, -0.1) is 36.2 Å². The Kier molecular flexibility index (Phi) is 10.1. The quantitative estimate of drug-likeness (QED) is 0.845. The maximum atomic E-state index is 11.9. The molecule has 0 aromatic carbocycles. The largest absolute Gasteiger partial charge is 0.349 e. The Labute approximate surface area is 142 Å². The molecule has 1 fully saturated rings. The summed E-state index contributed by atoms with van der Waals surface area (Å²) in [7, 11) is 0.